The van der Waals surface area contributed by atoms with Crippen LogP contribution in [0.3, 0.4) is 0 Å². The van der Waals surface area contributed by atoms with Crippen molar-refractivity contribution in [3.05, 3.63) is 29.6 Å². The average Bonchev–Trinajstić information content (AvgIpc) is 3.38. The average molecular weight is 360 g/mol. The summed E-state index contributed by atoms with van der Waals surface area (Å²) in [5.74, 6) is 1.43. The quantitative estimate of drug-likeness (QED) is 0.775. The smallest absolute Gasteiger partial charge is 0.228 e. The van der Waals surface area contributed by atoms with Gasteiger partial charge in [-0.3, -0.25) is 14.7 Å². The standard InChI is InChI=1S/C21H33N3O2/c1-5-15-6-9-17(22-10-15)11-24-12-18(16-7-8-16)19(13-24)23-20(25)21(2,3)14-26-4/h6,9-10,16,18-19H,5,7-8,11-14H2,1-4H3,(H,23,25)/t18-,19+/m0/s1. The number of nitrogens with zero attached hydrogens (tertiary/aromatic N) is 2. The summed E-state index contributed by atoms with van der Waals surface area (Å²) in [5.41, 5.74) is 1.90. The summed E-state index contributed by atoms with van der Waals surface area (Å²) in [4.78, 5) is 19.8. The monoisotopic (exact) mass is 359 g/mol. The molecular formula is C21H33N3O2. The van der Waals surface area contributed by atoms with Crippen LogP contribution in [0.4, 0.5) is 0 Å². The molecular weight excluding hydrogens is 326 g/mol. The summed E-state index contributed by atoms with van der Waals surface area (Å²) < 4.78 is 5.22. The van der Waals surface area contributed by atoms with Crippen molar-refractivity contribution in [2.75, 3.05) is 26.8 Å². The van der Waals surface area contributed by atoms with Gasteiger partial charge in [-0.1, -0.05) is 13.0 Å². The highest BCUT2D eigenvalue weighted by atomic mass is 16.5. The fourth-order valence-corrected chi connectivity index (χ4v) is 3.97. The number of likely N-dealkylation sites (tertiary alicyclic amines) is 1. The molecule has 144 valence electrons. The number of pyridine rings is 1. The molecule has 1 saturated heterocycles. The molecule has 1 aliphatic heterocycles. The number of methoxy groups -OCH3 is 1. The lowest BCUT2D eigenvalue weighted by Crippen LogP contribution is -2.48. The topological polar surface area (TPSA) is 54.5 Å². The third-order valence-corrected chi connectivity index (χ3v) is 5.78. The van der Waals surface area contributed by atoms with E-state index in [9.17, 15) is 4.79 Å². The first-order valence-corrected chi connectivity index (χ1v) is 9.89. The number of aromatic nitrogens is 1. The largest absolute Gasteiger partial charge is 0.384 e. The Kier molecular flexibility index (Phi) is 5.98. The molecule has 2 atom stereocenters. The molecule has 1 amide bonds. The number of nitrogens with one attached hydrogen (secondary N) is 1. The van der Waals surface area contributed by atoms with Gasteiger partial charge < -0.3 is 10.1 Å². The second-order valence-electron chi connectivity index (χ2n) is 8.60. The Hall–Kier alpha value is -1.46. The molecule has 26 heavy (non-hydrogen) atoms. The summed E-state index contributed by atoms with van der Waals surface area (Å²) in [5, 5.41) is 3.33. The number of ether oxygens (including phenoxy) is 1. The van der Waals surface area contributed by atoms with Crippen molar-refractivity contribution in [3.8, 4) is 0 Å². The molecule has 2 heterocycles. The maximum absolute atomic E-state index is 12.7. The molecule has 1 saturated carbocycles. The molecule has 5 nitrogen and oxygen atoms in total. The second-order valence-corrected chi connectivity index (χ2v) is 8.60. The van der Waals surface area contributed by atoms with Gasteiger partial charge >= 0.3 is 0 Å². The van der Waals surface area contributed by atoms with Crippen molar-refractivity contribution in [2.24, 2.45) is 17.3 Å². The van der Waals surface area contributed by atoms with E-state index in [-0.39, 0.29) is 11.9 Å². The minimum atomic E-state index is -0.492. The lowest BCUT2D eigenvalue weighted by atomic mass is 9.91. The van der Waals surface area contributed by atoms with Gasteiger partial charge in [0.1, 0.15) is 0 Å². The van der Waals surface area contributed by atoms with E-state index in [1.165, 1.54) is 18.4 Å². The van der Waals surface area contributed by atoms with Gasteiger partial charge in [-0.15, -0.1) is 0 Å². The predicted octanol–water partition coefficient (Wildman–Crippen LogP) is 2.64. The Morgan fingerprint density at radius 1 is 1.35 bits per heavy atom. The van der Waals surface area contributed by atoms with Gasteiger partial charge in [0.05, 0.1) is 17.7 Å². The molecule has 1 aromatic heterocycles. The zero-order chi connectivity index (χ0) is 18.7. The highest BCUT2D eigenvalue weighted by Crippen LogP contribution is 2.42. The van der Waals surface area contributed by atoms with Crippen molar-refractivity contribution in [1.82, 2.24) is 15.2 Å². The van der Waals surface area contributed by atoms with Crippen molar-refractivity contribution >= 4 is 5.91 Å². The van der Waals surface area contributed by atoms with Crippen LogP contribution in [0.1, 0.15) is 44.9 Å². The van der Waals surface area contributed by atoms with E-state index in [2.05, 4.69) is 34.3 Å². The summed E-state index contributed by atoms with van der Waals surface area (Å²) in [7, 11) is 1.65. The number of carbonyl (C=O) groups is 1. The van der Waals surface area contributed by atoms with Crippen LogP contribution in [-0.4, -0.2) is 48.6 Å². The zero-order valence-electron chi connectivity index (χ0n) is 16.6. The first-order valence-electron chi connectivity index (χ1n) is 9.89. The lowest BCUT2D eigenvalue weighted by molar-refractivity contribution is -0.132. The van der Waals surface area contributed by atoms with Crippen molar-refractivity contribution in [3.63, 3.8) is 0 Å². The Labute approximate surface area is 157 Å². The third kappa shape index (κ3) is 4.63. The van der Waals surface area contributed by atoms with Gasteiger partial charge in [0, 0.05) is 39.0 Å². The molecule has 3 rings (SSSR count). The minimum absolute atomic E-state index is 0.0993. The van der Waals surface area contributed by atoms with Gasteiger partial charge in [-0.2, -0.15) is 0 Å². The molecule has 0 aromatic carbocycles. The van der Waals surface area contributed by atoms with Gasteiger partial charge in [0.2, 0.25) is 5.91 Å². The number of carbonyl (C=O) groups excluding carboxylic acids is 1. The Morgan fingerprint density at radius 3 is 2.69 bits per heavy atom. The van der Waals surface area contributed by atoms with Gasteiger partial charge in [-0.05, 0) is 56.6 Å². The lowest BCUT2D eigenvalue weighted by Gasteiger charge is -2.27. The molecule has 2 aliphatic rings. The van der Waals surface area contributed by atoms with Crippen LogP contribution in [0.25, 0.3) is 0 Å². The molecule has 0 spiro atoms. The first-order chi connectivity index (χ1) is 12.4. The van der Waals surface area contributed by atoms with Crippen molar-refractivity contribution < 1.29 is 9.53 Å². The third-order valence-electron chi connectivity index (χ3n) is 5.78. The molecule has 0 radical (unpaired) electrons. The normalized spacial score (nSPS) is 24.0. The van der Waals surface area contributed by atoms with Crippen LogP contribution >= 0.6 is 0 Å². The molecule has 1 N–H and O–H groups in total. The van der Waals surface area contributed by atoms with Crippen molar-refractivity contribution in [2.45, 2.75) is 52.6 Å². The molecule has 1 aliphatic carbocycles. The van der Waals surface area contributed by atoms with Crippen LogP contribution in [0.15, 0.2) is 18.3 Å². The minimum Gasteiger partial charge on any atom is -0.384 e. The summed E-state index contributed by atoms with van der Waals surface area (Å²) in [6, 6.07) is 4.54. The molecule has 5 heteroatoms. The van der Waals surface area contributed by atoms with E-state index in [0.717, 1.165) is 37.7 Å². The fourth-order valence-electron chi connectivity index (χ4n) is 3.97. The van der Waals surface area contributed by atoms with Gasteiger partial charge in [0.15, 0.2) is 0 Å². The van der Waals surface area contributed by atoms with Crippen LogP contribution in [0, 0.1) is 17.3 Å². The van der Waals surface area contributed by atoms with Crippen LogP contribution in [-0.2, 0) is 22.5 Å². The van der Waals surface area contributed by atoms with E-state index in [4.69, 9.17) is 4.74 Å². The van der Waals surface area contributed by atoms with E-state index in [1.807, 2.05) is 20.0 Å². The molecule has 1 aromatic rings. The number of hydrogen-bond donors (Lipinski definition) is 1. The summed E-state index contributed by atoms with van der Waals surface area (Å²) in [6.07, 6.45) is 5.61. The van der Waals surface area contributed by atoms with Gasteiger partial charge in [0.25, 0.3) is 0 Å². The predicted molar refractivity (Wildman–Crippen MR) is 103 cm³/mol. The number of amides is 1. The Balaban J connectivity index is 1.61. The Morgan fingerprint density at radius 2 is 2.12 bits per heavy atom. The highest BCUT2D eigenvalue weighted by molar-refractivity contribution is 5.82. The highest BCUT2D eigenvalue weighted by Gasteiger charge is 2.44. The molecule has 0 unspecified atom stereocenters. The van der Waals surface area contributed by atoms with E-state index < -0.39 is 5.41 Å². The van der Waals surface area contributed by atoms with Crippen LogP contribution in [0.5, 0.6) is 0 Å². The molecule has 0 bridgehead atoms. The summed E-state index contributed by atoms with van der Waals surface area (Å²) in [6.45, 7) is 9.31. The molecule has 2 fully saturated rings. The van der Waals surface area contributed by atoms with E-state index >= 15 is 0 Å². The van der Waals surface area contributed by atoms with Crippen molar-refractivity contribution in [1.29, 1.82) is 0 Å². The fraction of sp³-hybridized carbons (Fsp3) is 0.714. The SMILES string of the molecule is CCc1ccc(CN2C[C@@H](NC(=O)C(C)(C)COC)[C@H](C3CC3)C2)nc1. The zero-order valence-corrected chi connectivity index (χ0v) is 16.6. The number of hydrogen-bond acceptors (Lipinski definition) is 4. The van der Waals surface area contributed by atoms with E-state index in [0.29, 0.717) is 12.5 Å². The van der Waals surface area contributed by atoms with Gasteiger partial charge in [-0.25, -0.2) is 0 Å². The summed E-state index contributed by atoms with van der Waals surface area (Å²) >= 11 is 0. The maximum atomic E-state index is 12.7. The van der Waals surface area contributed by atoms with Crippen LogP contribution < -0.4 is 5.32 Å². The van der Waals surface area contributed by atoms with Crippen LogP contribution in [0.2, 0.25) is 0 Å². The first kappa shape index (κ1) is 19.3. The maximum Gasteiger partial charge on any atom is 0.228 e. The number of rotatable bonds is 8. The Bertz CT molecular complexity index is 610. The number of aryl methyl sites for hydroxylation is 1. The second kappa shape index (κ2) is 8.05. The van der Waals surface area contributed by atoms with E-state index in [1.54, 1.807) is 7.11 Å².